The fraction of sp³-hybridized carbons (Fsp3) is 0.529. The Hall–Kier alpha value is -1.84. The van der Waals surface area contributed by atoms with Crippen molar-refractivity contribution in [3.63, 3.8) is 0 Å². The average Bonchev–Trinajstić information content (AvgIpc) is 2.46. The Morgan fingerprint density at radius 1 is 1.19 bits per heavy atom. The Morgan fingerprint density at radius 2 is 1.86 bits per heavy atom. The van der Waals surface area contributed by atoms with E-state index in [0.29, 0.717) is 6.42 Å². The number of aryl methyl sites for hydroxylation is 1. The standard InChI is InChI=1S/C17H25NO3/c1-4-14-10-5-6-11-15(14)16(19)18-13(3)9-7-8-12(2)17(20)21/h5-6,10-13H,4,7-9H2,1-3H3,(H,18,19)(H,20,21). The quantitative estimate of drug-likeness (QED) is 0.772. The number of amides is 1. The molecular weight excluding hydrogens is 266 g/mol. The van der Waals surface area contributed by atoms with Gasteiger partial charge >= 0.3 is 5.97 Å². The third-order valence-electron chi connectivity index (χ3n) is 3.72. The van der Waals surface area contributed by atoms with Crippen molar-refractivity contribution in [2.24, 2.45) is 5.92 Å². The van der Waals surface area contributed by atoms with Crippen LogP contribution in [0, 0.1) is 5.92 Å². The molecule has 2 unspecified atom stereocenters. The molecule has 1 aromatic rings. The van der Waals surface area contributed by atoms with Crippen LogP contribution in [-0.2, 0) is 11.2 Å². The van der Waals surface area contributed by atoms with Crippen molar-refractivity contribution in [1.82, 2.24) is 5.32 Å². The van der Waals surface area contributed by atoms with E-state index >= 15 is 0 Å². The van der Waals surface area contributed by atoms with Crippen LogP contribution < -0.4 is 5.32 Å². The van der Waals surface area contributed by atoms with Gasteiger partial charge in [-0.25, -0.2) is 0 Å². The lowest BCUT2D eigenvalue weighted by molar-refractivity contribution is -0.141. The maximum atomic E-state index is 12.2. The van der Waals surface area contributed by atoms with Crippen LogP contribution in [0.25, 0.3) is 0 Å². The largest absolute Gasteiger partial charge is 0.481 e. The van der Waals surface area contributed by atoms with Crippen molar-refractivity contribution in [2.75, 3.05) is 0 Å². The molecule has 0 spiro atoms. The Balaban J connectivity index is 2.45. The first kappa shape index (κ1) is 17.2. The second kappa shape index (κ2) is 8.45. The van der Waals surface area contributed by atoms with Crippen LogP contribution in [0.2, 0.25) is 0 Å². The van der Waals surface area contributed by atoms with Gasteiger partial charge in [-0.3, -0.25) is 9.59 Å². The van der Waals surface area contributed by atoms with Gasteiger partial charge in [0, 0.05) is 11.6 Å². The number of carboxylic acid groups (broad SMARTS) is 1. The number of hydrogen-bond acceptors (Lipinski definition) is 2. The predicted octanol–water partition coefficient (Wildman–Crippen LogP) is 3.26. The summed E-state index contributed by atoms with van der Waals surface area (Å²) < 4.78 is 0. The highest BCUT2D eigenvalue weighted by Gasteiger charge is 2.14. The summed E-state index contributed by atoms with van der Waals surface area (Å²) in [5.41, 5.74) is 1.77. The van der Waals surface area contributed by atoms with E-state index in [1.54, 1.807) is 6.92 Å². The smallest absolute Gasteiger partial charge is 0.306 e. The van der Waals surface area contributed by atoms with E-state index in [4.69, 9.17) is 5.11 Å². The molecule has 1 rings (SSSR count). The SMILES string of the molecule is CCc1ccccc1C(=O)NC(C)CCCC(C)C(=O)O. The van der Waals surface area contributed by atoms with Crippen LogP contribution in [0.3, 0.4) is 0 Å². The van der Waals surface area contributed by atoms with Gasteiger partial charge in [-0.1, -0.05) is 38.5 Å². The molecule has 0 aromatic heterocycles. The van der Waals surface area contributed by atoms with Gasteiger partial charge in [0.2, 0.25) is 0 Å². The number of carbonyl (C=O) groups excluding carboxylic acids is 1. The fourth-order valence-electron chi connectivity index (χ4n) is 2.28. The maximum Gasteiger partial charge on any atom is 0.306 e. The molecule has 116 valence electrons. The highest BCUT2D eigenvalue weighted by atomic mass is 16.4. The molecule has 0 aliphatic heterocycles. The zero-order chi connectivity index (χ0) is 15.8. The number of carbonyl (C=O) groups is 2. The second-order valence-corrected chi connectivity index (χ2v) is 5.56. The minimum absolute atomic E-state index is 0.0448. The fourth-order valence-corrected chi connectivity index (χ4v) is 2.28. The summed E-state index contributed by atoms with van der Waals surface area (Å²) in [5.74, 6) is -1.14. The molecule has 4 heteroatoms. The molecule has 0 aliphatic carbocycles. The van der Waals surface area contributed by atoms with Crippen LogP contribution in [0.15, 0.2) is 24.3 Å². The molecule has 1 amide bonds. The number of benzene rings is 1. The average molecular weight is 291 g/mol. The summed E-state index contributed by atoms with van der Waals surface area (Å²) in [6, 6.07) is 7.66. The van der Waals surface area contributed by atoms with Crippen molar-refractivity contribution in [3.8, 4) is 0 Å². The van der Waals surface area contributed by atoms with Crippen LogP contribution in [0.4, 0.5) is 0 Å². The van der Waals surface area contributed by atoms with Gasteiger partial charge in [0.25, 0.3) is 5.91 Å². The summed E-state index contributed by atoms with van der Waals surface area (Å²) in [6.45, 7) is 5.70. The molecule has 0 saturated carbocycles. The Morgan fingerprint density at radius 3 is 2.48 bits per heavy atom. The zero-order valence-electron chi connectivity index (χ0n) is 13.1. The molecule has 4 nitrogen and oxygen atoms in total. The number of rotatable bonds is 8. The number of carboxylic acids is 1. The summed E-state index contributed by atoms with van der Waals surface area (Å²) in [5, 5.41) is 11.8. The first-order chi connectivity index (χ1) is 9.95. The first-order valence-electron chi connectivity index (χ1n) is 7.57. The van der Waals surface area contributed by atoms with Crippen LogP contribution in [0.5, 0.6) is 0 Å². The van der Waals surface area contributed by atoms with Gasteiger partial charge in [-0.15, -0.1) is 0 Å². The van der Waals surface area contributed by atoms with Crippen LogP contribution >= 0.6 is 0 Å². The van der Waals surface area contributed by atoms with Gasteiger partial charge in [-0.05, 0) is 37.8 Å². The van der Waals surface area contributed by atoms with Crippen molar-refractivity contribution in [3.05, 3.63) is 35.4 Å². The highest BCUT2D eigenvalue weighted by molar-refractivity contribution is 5.95. The van der Waals surface area contributed by atoms with Crippen molar-refractivity contribution >= 4 is 11.9 Å². The van der Waals surface area contributed by atoms with E-state index in [0.717, 1.165) is 30.4 Å². The number of nitrogens with one attached hydrogen (secondary N) is 1. The molecular formula is C17H25NO3. The molecule has 0 bridgehead atoms. The Bertz CT molecular complexity index is 485. The van der Waals surface area contributed by atoms with Crippen molar-refractivity contribution < 1.29 is 14.7 Å². The molecule has 0 aliphatic rings. The lowest BCUT2D eigenvalue weighted by atomic mass is 10.0. The molecule has 2 N–H and O–H groups in total. The van der Waals surface area contributed by atoms with Crippen LogP contribution in [0.1, 0.15) is 56.0 Å². The monoisotopic (exact) mass is 291 g/mol. The minimum atomic E-state index is -0.761. The van der Waals surface area contributed by atoms with Gasteiger partial charge in [0.15, 0.2) is 0 Å². The molecule has 21 heavy (non-hydrogen) atoms. The number of aliphatic carboxylic acids is 1. The van der Waals surface area contributed by atoms with E-state index in [9.17, 15) is 9.59 Å². The van der Waals surface area contributed by atoms with E-state index in [1.165, 1.54) is 0 Å². The predicted molar refractivity (Wildman–Crippen MR) is 83.4 cm³/mol. The van der Waals surface area contributed by atoms with E-state index < -0.39 is 5.97 Å². The lowest BCUT2D eigenvalue weighted by Gasteiger charge is -2.16. The Kier molecular flexibility index (Phi) is 6.92. The summed E-state index contributed by atoms with van der Waals surface area (Å²) in [7, 11) is 0. The Labute approximate surface area is 126 Å². The summed E-state index contributed by atoms with van der Waals surface area (Å²) in [6.07, 6.45) is 3.05. The maximum absolute atomic E-state index is 12.2. The highest BCUT2D eigenvalue weighted by Crippen LogP contribution is 2.12. The third-order valence-corrected chi connectivity index (χ3v) is 3.72. The second-order valence-electron chi connectivity index (χ2n) is 5.56. The summed E-state index contributed by atoms with van der Waals surface area (Å²) in [4.78, 5) is 23.0. The third kappa shape index (κ3) is 5.58. The van der Waals surface area contributed by atoms with Crippen LogP contribution in [-0.4, -0.2) is 23.0 Å². The molecule has 0 saturated heterocycles. The molecule has 0 radical (unpaired) electrons. The van der Waals surface area contributed by atoms with Gasteiger partial charge in [0.05, 0.1) is 5.92 Å². The lowest BCUT2D eigenvalue weighted by Crippen LogP contribution is -2.33. The van der Waals surface area contributed by atoms with Gasteiger partial charge in [-0.2, -0.15) is 0 Å². The van der Waals surface area contributed by atoms with Gasteiger partial charge < -0.3 is 10.4 Å². The normalized spacial score (nSPS) is 13.5. The molecule has 2 atom stereocenters. The minimum Gasteiger partial charge on any atom is -0.481 e. The topological polar surface area (TPSA) is 66.4 Å². The first-order valence-corrected chi connectivity index (χ1v) is 7.57. The van der Waals surface area contributed by atoms with E-state index in [-0.39, 0.29) is 17.9 Å². The van der Waals surface area contributed by atoms with Crippen molar-refractivity contribution in [2.45, 2.75) is 52.5 Å². The molecule has 0 heterocycles. The number of hydrogen-bond donors (Lipinski definition) is 2. The molecule has 0 fully saturated rings. The van der Waals surface area contributed by atoms with Gasteiger partial charge in [0.1, 0.15) is 0 Å². The zero-order valence-corrected chi connectivity index (χ0v) is 13.1. The van der Waals surface area contributed by atoms with E-state index in [1.807, 2.05) is 38.1 Å². The van der Waals surface area contributed by atoms with E-state index in [2.05, 4.69) is 5.32 Å². The summed E-state index contributed by atoms with van der Waals surface area (Å²) >= 11 is 0. The molecule has 1 aromatic carbocycles. The van der Waals surface area contributed by atoms with Crippen molar-refractivity contribution in [1.29, 1.82) is 0 Å².